The molecule has 0 fully saturated rings. The summed E-state index contributed by atoms with van der Waals surface area (Å²) in [7, 11) is 1.57. The van der Waals surface area contributed by atoms with Gasteiger partial charge in [-0.3, -0.25) is 0 Å². The number of carboxylic acid groups (broad SMARTS) is 1. The number of hydrogen-bond acceptors (Lipinski definition) is 3. The number of rotatable bonds is 5. The number of urea groups is 1. The fourth-order valence-corrected chi connectivity index (χ4v) is 2.88. The van der Waals surface area contributed by atoms with Crippen molar-refractivity contribution >= 4 is 49.5 Å². The summed E-state index contributed by atoms with van der Waals surface area (Å²) in [6, 6.07) is 2.62. The van der Waals surface area contributed by atoms with Gasteiger partial charge < -0.3 is 20.4 Å². The van der Waals surface area contributed by atoms with Gasteiger partial charge in [0.1, 0.15) is 0 Å². The Balaban J connectivity index is 2.92. The molecule has 3 N–H and O–H groups in total. The van der Waals surface area contributed by atoms with Gasteiger partial charge in [-0.25, -0.2) is 9.59 Å². The van der Waals surface area contributed by atoms with Gasteiger partial charge >= 0.3 is 12.0 Å². The smallest absolute Gasteiger partial charge is 0.337 e. The minimum atomic E-state index is -1.14. The zero-order chi connectivity index (χ0) is 16.2. The second kappa shape index (κ2) is 7.77. The molecule has 0 spiro atoms. The Morgan fingerprint density at radius 3 is 2.52 bits per heavy atom. The molecule has 1 aromatic carbocycles. The van der Waals surface area contributed by atoms with Crippen LogP contribution in [0.15, 0.2) is 21.1 Å². The van der Waals surface area contributed by atoms with Crippen LogP contribution in [0.25, 0.3) is 0 Å². The van der Waals surface area contributed by atoms with Crippen molar-refractivity contribution in [1.82, 2.24) is 4.90 Å². The number of aliphatic hydroxyl groups excluding tert-OH is 1. The molecule has 0 aliphatic heterocycles. The largest absolute Gasteiger partial charge is 0.478 e. The molecular formula is C13H16Br2N2O4. The number of benzene rings is 1. The van der Waals surface area contributed by atoms with Crippen molar-refractivity contribution in [3.8, 4) is 0 Å². The van der Waals surface area contributed by atoms with Gasteiger partial charge in [-0.1, -0.05) is 15.9 Å². The van der Waals surface area contributed by atoms with E-state index in [0.29, 0.717) is 21.9 Å². The van der Waals surface area contributed by atoms with Gasteiger partial charge in [-0.05, 0) is 41.4 Å². The van der Waals surface area contributed by atoms with E-state index in [-0.39, 0.29) is 11.3 Å². The Morgan fingerprint density at radius 1 is 1.38 bits per heavy atom. The lowest BCUT2D eigenvalue weighted by Crippen LogP contribution is -2.33. The molecule has 116 valence electrons. The number of carbonyl (C=O) groups excluding carboxylic acids is 1. The number of nitrogens with one attached hydrogen (secondary N) is 1. The average molecular weight is 424 g/mol. The van der Waals surface area contributed by atoms with Gasteiger partial charge in [0.05, 0.1) is 17.4 Å². The van der Waals surface area contributed by atoms with E-state index >= 15 is 0 Å². The lowest BCUT2D eigenvalue weighted by atomic mass is 10.2. The van der Waals surface area contributed by atoms with Crippen LogP contribution in [0.3, 0.4) is 0 Å². The number of hydrogen-bond donors (Lipinski definition) is 3. The van der Waals surface area contributed by atoms with Crippen LogP contribution < -0.4 is 5.32 Å². The third-order valence-electron chi connectivity index (χ3n) is 2.75. The highest BCUT2D eigenvalue weighted by Gasteiger charge is 2.18. The molecule has 0 saturated heterocycles. The average Bonchev–Trinajstić information content (AvgIpc) is 2.38. The van der Waals surface area contributed by atoms with Crippen molar-refractivity contribution in [2.45, 2.75) is 19.4 Å². The number of anilines is 1. The third kappa shape index (κ3) is 5.29. The van der Waals surface area contributed by atoms with E-state index in [1.54, 1.807) is 20.0 Å². The lowest BCUT2D eigenvalue weighted by molar-refractivity contribution is 0.0698. The second-order valence-corrected chi connectivity index (χ2v) is 6.37. The maximum atomic E-state index is 12.0. The minimum absolute atomic E-state index is 0.0199. The monoisotopic (exact) mass is 422 g/mol. The summed E-state index contributed by atoms with van der Waals surface area (Å²) in [5.74, 6) is -1.14. The molecule has 21 heavy (non-hydrogen) atoms. The van der Waals surface area contributed by atoms with E-state index in [4.69, 9.17) is 0 Å². The summed E-state index contributed by atoms with van der Waals surface area (Å²) in [5, 5.41) is 21.0. The standard InChI is InChI=1S/C13H16Br2N2O4/c1-7(18)3-4-17(2)13(21)16-11-9(12(19)20)5-8(14)6-10(11)15/h5-7,18H,3-4H2,1-2H3,(H,16,21)(H,19,20). The maximum absolute atomic E-state index is 12.0. The van der Waals surface area contributed by atoms with Gasteiger partial charge in [0.2, 0.25) is 0 Å². The fraction of sp³-hybridized carbons (Fsp3) is 0.385. The number of carboxylic acids is 1. The van der Waals surface area contributed by atoms with Crippen LogP contribution in [-0.2, 0) is 0 Å². The van der Waals surface area contributed by atoms with E-state index < -0.39 is 18.1 Å². The molecule has 1 aromatic rings. The normalized spacial score (nSPS) is 11.9. The Labute approximate surface area is 139 Å². The van der Waals surface area contributed by atoms with E-state index in [2.05, 4.69) is 37.2 Å². The van der Waals surface area contributed by atoms with Crippen molar-refractivity contribution < 1.29 is 19.8 Å². The Morgan fingerprint density at radius 2 is 2.00 bits per heavy atom. The number of amides is 2. The highest BCUT2D eigenvalue weighted by Crippen LogP contribution is 2.31. The van der Waals surface area contributed by atoms with Crippen molar-refractivity contribution in [2.24, 2.45) is 0 Å². The van der Waals surface area contributed by atoms with Gasteiger partial charge in [0, 0.05) is 22.5 Å². The summed E-state index contributed by atoms with van der Waals surface area (Å²) in [5.41, 5.74) is 0.174. The van der Waals surface area contributed by atoms with Gasteiger partial charge in [-0.2, -0.15) is 0 Å². The molecule has 0 bridgehead atoms. The number of carbonyl (C=O) groups is 2. The highest BCUT2D eigenvalue weighted by atomic mass is 79.9. The molecule has 0 saturated carbocycles. The molecule has 0 radical (unpaired) electrons. The van der Waals surface area contributed by atoms with Crippen LogP contribution in [0.4, 0.5) is 10.5 Å². The summed E-state index contributed by atoms with van der Waals surface area (Å²) >= 11 is 6.45. The van der Waals surface area contributed by atoms with Crippen molar-refractivity contribution in [2.75, 3.05) is 18.9 Å². The topological polar surface area (TPSA) is 89.9 Å². The van der Waals surface area contributed by atoms with Crippen molar-refractivity contribution in [1.29, 1.82) is 0 Å². The predicted molar refractivity (Wildman–Crippen MR) is 86.7 cm³/mol. The maximum Gasteiger partial charge on any atom is 0.337 e. The van der Waals surface area contributed by atoms with Gasteiger partial charge in [0.25, 0.3) is 0 Å². The lowest BCUT2D eigenvalue weighted by Gasteiger charge is -2.20. The molecular weight excluding hydrogens is 408 g/mol. The van der Waals surface area contributed by atoms with Crippen molar-refractivity contribution in [3.05, 3.63) is 26.6 Å². The number of nitrogens with zero attached hydrogens (tertiary/aromatic N) is 1. The SMILES string of the molecule is CC(O)CCN(C)C(=O)Nc1c(Br)cc(Br)cc1C(=O)O. The summed E-state index contributed by atoms with van der Waals surface area (Å²) in [6.45, 7) is 2.00. The van der Waals surface area contributed by atoms with E-state index in [9.17, 15) is 19.8 Å². The molecule has 8 heteroatoms. The molecule has 6 nitrogen and oxygen atoms in total. The molecule has 1 unspecified atom stereocenters. The Kier molecular flexibility index (Phi) is 6.63. The number of aromatic carboxylic acids is 1. The molecule has 0 aliphatic carbocycles. The zero-order valence-corrected chi connectivity index (χ0v) is 14.7. The Bertz CT molecular complexity index is 549. The molecule has 0 aromatic heterocycles. The quantitative estimate of drug-likeness (QED) is 0.678. The van der Waals surface area contributed by atoms with Crippen LogP contribution in [0.1, 0.15) is 23.7 Å². The van der Waals surface area contributed by atoms with E-state index in [1.165, 1.54) is 11.0 Å². The number of halogens is 2. The summed E-state index contributed by atoms with van der Waals surface area (Å²) in [6.07, 6.45) is -0.0636. The van der Waals surface area contributed by atoms with E-state index in [0.717, 1.165) is 0 Å². The first-order chi connectivity index (χ1) is 9.72. The minimum Gasteiger partial charge on any atom is -0.478 e. The molecule has 0 heterocycles. The molecule has 0 aliphatic rings. The van der Waals surface area contributed by atoms with Crippen LogP contribution in [0.5, 0.6) is 0 Å². The predicted octanol–water partition coefficient (Wildman–Crippen LogP) is 3.14. The van der Waals surface area contributed by atoms with Gasteiger partial charge in [0.15, 0.2) is 0 Å². The first-order valence-electron chi connectivity index (χ1n) is 6.15. The number of aliphatic hydroxyl groups is 1. The van der Waals surface area contributed by atoms with Crippen LogP contribution in [0, 0.1) is 0 Å². The van der Waals surface area contributed by atoms with E-state index in [1.807, 2.05) is 0 Å². The fourth-order valence-electron chi connectivity index (χ4n) is 1.55. The van der Waals surface area contributed by atoms with Crippen LogP contribution >= 0.6 is 31.9 Å². The Hall–Kier alpha value is -1.12. The first-order valence-corrected chi connectivity index (χ1v) is 7.73. The first kappa shape index (κ1) is 17.9. The van der Waals surface area contributed by atoms with Crippen molar-refractivity contribution in [3.63, 3.8) is 0 Å². The molecule has 1 atom stereocenters. The molecule has 2 amide bonds. The second-order valence-electron chi connectivity index (χ2n) is 4.60. The zero-order valence-electron chi connectivity index (χ0n) is 11.6. The summed E-state index contributed by atoms with van der Waals surface area (Å²) in [4.78, 5) is 24.7. The van der Waals surface area contributed by atoms with Gasteiger partial charge in [-0.15, -0.1) is 0 Å². The molecule has 1 rings (SSSR count). The summed E-state index contributed by atoms with van der Waals surface area (Å²) < 4.78 is 1.05. The third-order valence-corrected chi connectivity index (χ3v) is 3.83. The van der Waals surface area contributed by atoms with Crippen LogP contribution in [0.2, 0.25) is 0 Å². The highest BCUT2D eigenvalue weighted by molar-refractivity contribution is 9.11. The van der Waals surface area contributed by atoms with Crippen LogP contribution in [-0.4, -0.2) is 46.8 Å².